The van der Waals surface area contributed by atoms with Gasteiger partial charge in [0.05, 0.1) is 6.26 Å². The lowest BCUT2D eigenvalue weighted by molar-refractivity contribution is -0.120. The number of carbonyl (C=O) groups is 2. The molecule has 0 aliphatic carbocycles. The monoisotopic (exact) mass is 376 g/mol. The first-order valence-corrected chi connectivity index (χ1v) is 9.09. The van der Waals surface area contributed by atoms with E-state index in [1.807, 2.05) is 31.2 Å². The number of para-hydroxylation sites is 1. The van der Waals surface area contributed by atoms with Crippen molar-refractivity contribution >= 4 is 23.2 Å². The fourth-order valence-corrected chi connectivity index (χ4v) is 3.42. The molecule has 3 aromatic rings. The minimum Gasteiger partial charge on any atom is -0.484 e. The molecular formula is C22H20N2O4. The Morgan fingerprint density at radius 2 is 2.00 bits per heavy atom. The summed E-state index contributed by atoms with van der Waals surface area (Å²) in [5.74, 6) is 0.289. The highest BCUT2D eigenvalue weighted by Crippen LogP contribution is 2.32. The predicted octanol–water partition coefficient (Wildman–Crippen LogP) is 3.89. The third-order valence-electron chi connectivity index (χ3n) is 4.68. The van der Waals surface area contributed by atoms with Gasteiger partial charge in [-0.25, -0.2) is 0 Å². The Morgan fingerprint density at radius 1 is 1.14 bits per heavy atom. The van der Waals surface area contributed by atoms with Gasteiger partial charge in [0.2, 0.25) is 0 Å². The number of rotatable bonds is 5. The fourth-order valence-electron chi connectivity index (χ4n) is 3.42. The highest BCUT2D eigenvalue weighted by atomic mass is 16.5. The maximum absolute atomic E-state index is 12.7. The molecule has 142 valence electrons. The van der Waals surface area contributed by atoms with Crippen molar-refractivity contribution in [1.29, 1.82) is 0 Å². The van der Waals surface area contributed by atoms with Crippen molar-refractivity contribution in [2.75, 3.05) is 16.8 Å². The normalized spacial score (nSPS) is 15.2. The number of nitrogens with zero attached hydrogens (tertiary/aromatic N) is 1. The van der Waals surface area contributed by atoms with Crippen LogP contribution in [0.3, 0.4) is 0 Å². The molecule has 1 aromatic heterocycles. The van der Waals surface area contributed by atoms with Crippen molar-refractivity contribution in [1.82, 2.24) is 0 Å². The van der Waals surface area contributed by atoms with Gasteiger partial charge in [-0.3, -0.25) is 9.59 Å². The second-order valence-electron chi connectivity index (χ2n) is 6.69. The summed E-state index contributed by atoms with van der Waals surface area (Å²) in [4.78, 5) is 26.6. The molecule has 4 rings (SSSR count). The summed E-state index contributed by atoms with van der Waals surface area (Å²) >= 11 is 0. The molecule has 1 aliphatic heterocycles. The third kappa shape index (κ3) is 3.62. The van der Waals surface area contributed by atoms with Gasteiger partial charge in [0, 0.05) is 23.5 Å². The van der Waals surface area contributed by atoms with Crippen molar-refractivity contribution in [3.05, 3.63) is 78.3 Å². The summed E-state index contributed by atoms with van der Waals surface area (Å²) in [7, 11) is 0. The molecule has 2 aromatic carbocycles. The Morgan fingerprint density at radius 3 is 2.82 bits per heavy atom. The topological polar surface area (TPSA) is 71.8 Å². The predicted molar refractivity (Wildman–Crippen MR) is 106 cm³/mol. The van der Waals surface area contributed by atoms with Crippen LogP contribution in [0.5, 0.6) is 5.75 Å². The molecule has 1 atom stereocenters. The number of ether oxygens (including phenoxy) is 1. The van der Waals surface area contributed by atoms with E-state index >= 15 is 0 Å². The highest BCUT2D eigenvalue weighted by molar-refractivity contribution is 6.02. The molecule has 6 nitrogen and oxygen atoms in total. The zero-order valence-electron chi connectivity index (χ0n) is 15.4. The molecule has 2 heterocycles. The average Bonchev–Trinajstić information content (AvgIpc) is 3.33. The number of benzene rings is 2. The van der Waals surface area contributed by atoms with Gasteiger partial charge in [0.1, 0.15) is 5.75 Å². The van der Waals surface area contributed by atoms with E-state index in [4.69, 9.17) is 9.15 Å². The Hall–Kier alpha value is -3.54. The fraction of sp³-hybridized carbons (Fsp3) is 0.182. The van der Waals surface area contributed by atoms with Crippen LogP contribution >= 0.6 is 0 Å². The van der Waals surface area contributed by atoms with Gasteiger partial charge < -0.3 is 19.4 Å². The van der Waals surface area contributed by atoms with Crippen LogP contribution in [0.25, 0.3) is 0 Å². The lowest BCUT2D eigenvalue weighted by Gasteiger charge is -2.22. The number of carbonyl (C=O) groups excluding carboxylic acids is 2. The molecule has 0 saturated heterocycles. The second-order valence-corrected chi connectivity index (χ2v) is 6.69. The molecule has 28 heavy (non-hydrogen) atoms. The molecule has 0 fully saturated rings. The van der Waals surface area contributed by atoms with Gasteiger partial charge in [-0.15, -0.1) is 0 Å². The Balaban J connectivity index is 1.40. The Kier molecular flexibility index (Phi) is 4.85. The van der Waals surface area contributed by atoms with Crippen LogP contribution in [0.2, 0.25) is 0 Å². The number of hydrogen-bond acceptors (Lipinski definition) is 4. The van der Waals surface area contributed by atoms with Crippen LogP contribution in [-0.4, -0.2) is 24.5 Å². The Labute approximate surface area is 162 Å². The number of fused-ring (bicyclic) bond motifs is 1. The molecular weight excluding hydrogens is 356 g/mol. The molecule has 0 unspecified atom stereocenters. The summed E-state index contributed by atoms with van der Waals surface area (Å²) in [5, 5.41) is 2.74. The van der Waals surface area contributed by atoms with E-state index in [2.05, 4.69) is 5.32 Å². The third-order valence-corrected chi connectivity index (χ3v) is 4.68. The van der Waals surface area contributed by atoms with Crippen LogP contribution < -0.4 is 15.0 Å². The van der Waals surface area contributed by atoms with E-state index < -0.39 is 0 Å². The van der Waals surface area contributed by atoms with E-state index in [1.54, 1.807) is 41.3 Å². The largest absolute Gasteiger partial charge is 0.484 e. The number of amides is 2. The summed E-state index contributed by atoms with van der Waals surface area (Å²) in [6, 6.07) is 18.2. The van der Waals surface area contributed by atoms with E-state index in [-0.39, 0.29) is 30.2 Å². The van der Waals surface area contributed by atoms with E-state index in [9.17, 15) is 9.59 Å². The highest BCUT2D eigenvalue weighted by Gasteiger charge is 2.30. The van der Waals surface area contributed by atoms with Gasteiger partial charge in [-0.05, 0) is 49.2 Å². The molecule has 1 N–H and O–H groups in total. The zero-order chi connectivity index (χ0) is 19.5. The van der Waals surface area contributed by atoms with Gasteiger partial charge in [0.25, 0.3) is 11.8 Å². The second kappa shape index (κ2) is 7.60. The Bertz CT molecular complexity index is 997. The van der Waals surface area contributed by atoms with Crippen molar-refractivity contribution < 1.29 is 18.7 Å². The van der Waals surface area contributed by atoms with Crippen molar-refractivity contribution in [2.45, 2.75) is 19.4 Å². The van der Waals surface area contributed by atoms with E-state index in [0.717, 1.165) is 12.1 Å². The first-order chi connectivity index (χ1) is 13.6. The van der Waals surface area contributed by atoms with Crippen LogP contribution in [-0.2, 0) is 11.2 Å². The first kappa shape index (κ1) is 17.9. The zero-order valence-corrected chi connectivity index (χ0v) is 15.4. The lowest BCUT2D eigenvalue weighted by atomic mass is 10.1. The number of anilines is 2. The van der Waals surface area contributed by atoms with E-state index in [0.29, 0.717) is 11.4 Å². The summed E-state index contributed by atoms with van der Waals surface area (Å²) < 4.78 is 10.8. The number of hydrogen-bond donors (Lipinski definition) is 1. The van der Waals surface area contributed by atoms with Crippen LogP contribution in [0.15, 0.2) is 71.3 Å². The van der Waals surface area contributed by atoms with Crippen molar-refractivity contribution in [3.63, 3.8) is 0 Å². The minimum atomic E-state index is -0.347. The number of furan rings is 1. The summed E-state index contributed by atoms with van der Waals surface area (Å²) in [5.41, 5.74) is 2.68. The SMILES string of the molecule is C[C@H]1Cc2ccccc2N1C(=O)COc1cccc(NC(=O)c2ccco2)c1. The average molecular weight is 376 g/mol. The molecule has 6 heteroatoms. The van der Waals surface area contributed by atoms with Gasteiger partial charge in [-0.1, -0.05) is 24.3 Å². The quantitative estimate of drug-likeness (QED) is 0.733. The summed E-state index contributed by atoms with van der Waals surface area (Å²) in [6.07, 6.45) is 2.29. The van der Waals surface area contributed by atoms with Gasteiger partial charge in [-0.2, -0.15) is 0 Å². The maximum Gasteiger partial charge on any atom is 0.291 e. The van der Waals surface area contributed by atoms with Crippen LogP contribution in [0.4, 0.5) is 11.4 Å². The van der Waals surface area contributed by atoms with Gasteiger partial charge in [0.15, 0.2) is 12.4 Å². The molecule has 0 radical (unpaired) electrons. The molecule has 2 amide bonds. The molecule has 0 saturated carbocycles. The van der Waals surface area contributed by atoms with Gasteiger partial charge >= 0.3 is 0 Å². The van der Waals surface area contributed by atoms with Crippen molar-refractivity contribution in [2.24, 2.45) is 0 Å². The molecule has 0 bridgehead atoms. The van der Waals surface area contributed by atoms with Crippen molar-refractivity contribution in [3.8, 4) is 5.75 Å². The minimum absolute atomic E-state index is 0.0751. The molecule has 1 aliphatic rings. The standard InChI is InChI=1S/C22H20N2O4/c1-15-12-16-6-2-3-9-19(16)24(15)21(25)14-28-18-8-4-7-17(13-18)23-22(26)20-10-5-11-27-20/h2-11,13,15H,12,14H2,1H3,(H,23,26)/t15-/m0/s1. The first-order valence-electron chi connectivity index (χ1n) is 9.09. The lowest BCUT2D eigenvalue weighted by Crippen LogP contribution is -2.39. The van der Waals surface area contributed by atoms with Crippen LogP contribution in [0, 0.1) is 0 Å². The smallest absolute Gasteiger partial charge is 0.291 e. The number of nitrogens with one attached hydrogen (secondary N) is 1. The molecule has 0 spiro atoms. The maximum atomic E-state index is 12.7. The van der Waals surface area contributed by atoms with Crippen LogP contribution in [0.1, 0.15) is 23.0 Å². The van der Waals surface area contributed by atoms with E-state index in [1.165, 1.54) is 11.8 Å². The summed E-state index contributed by atoms with van der Waals surface area (Å²) in [6.45, 7) is 1.96.